The summed E-state index contributed by atoms with van der Waals surface area (Å²) < 4.78 is 0. The molecule has 0 radical (unpaired) electrons. The van der Waals surface area contributed by atoms with E-state index >= 15 is 0 Å². The van der Waals surface area contributed by atoms with Crippen LogP contribution in [0.4, 0.5) is 5.82 Å². The van der Waals surface area contributed by atoms with Gasteiger partial charge >= 0.3 is 0 Å². The molecule has 0 spiro atoms. The lowest BCUT2D eigenvalue weighted by atomic mass is 9.94. The third-order valence-electron chi connectivity index (χ3n) is 4.76. The van der Waals surface area contributed by atoms with Crippen LogP contribution in [0.5, 0.6) is 0 Å². The highest BCUT2D eigenvalue weighted by molar-refractivity contribution is 5.56. The number of hydrogen-bond donors (Lipinski definition) is 0. The van der Waals surface area contributed by atoms with Crippen molar-refractivity contribution >= 4 is 5.82 Å². The Morgan fingerprint density at radius 2 is 2.05 bits per heavy atom. The predicted molar refractivity (Wildman–Crippen MR) is 85.8 cm³/mol. The molecule has 1 fully saturated rings. The number of likely N-dealkylation sites (N-methyl/N-ethyl adjacent to an activating group) is 1. The van der Waals surface area contributed by atoms with Crippen molar-refractivity contribution in [1.29, 1.82) is 0 Å². The normalized spacial score (nSPS) is 21.2. The van der Waals surface area contributed by atoms with Gasteiger partial charge in [0.05, 0.1) is 6.04 Å². The number of rotatable bonds is 0. The van der Waals surface area contributed by atoms with Crippen LogP contribution >= 0.6 is 0 Å². The molecule has 0 saturated carbocycles. The lowest BCUT2D eigenvalue weighted by molar-refractivity contribution is 0.268. The van der Waals surface area contributed by atoms with Crippen LogP contribution in [0.1, 0.15) is 28.3 Å². The number of fused-ring (bicyclic) bond motifs is 5. The van der Waals surface area contributed by atoms with E-state index in [1.807, 2.05) is 6.20 Å². The Labute approximate surface area is 126 Å². The van der Waals surface area contributed by atoms with Crippen LogP contribution < -0.4 is 4.90 Å². The maximum Gasteiger partial charge on any atom is 0.132 e. The van der Waals surface area contributed by atoms with Gasteiger partial charge in [-0.25, -0.2) is 4.98 Å². The fourth-order valence-corrected chi connectivity index (χ4v) is 3.68. The first kappa shape index (κ1) is 12.8. The maximum atomic E-state index is 4.70. The van der Waals surface area contributed by atoms with Gasteiger partial charge in [0.25, 0.3) is 0 Å². The minimum absolute atomic E-state index is 0.426. The maximum absolute atomic E-state index is 4.70. The zero-order chi connectivity index (χ0) is 14.4. The summed E-state index contributed by atoms with van der Waals surface area (Å²) in [7, 11) is 2.22. The first-order valence-electron chi connectivity index (χ1n) is 7.71. The molecule has 2 aliphatic rings. The van der Waals surface area contributed by atoms with E-state index in [2.05, 4.69) is 54.1 Å². The van der Waals surface area contributed by atoms with E-state index in [1.54, 1.807) is 0 Å². The van der Waals surface area contributed by atoms with E-state index in [0.717, 1.165) is 26.1 Å². The molecule has 1 aromatic heterocycles. The van der Waals surface area contributed by atoms with Gasteiger partial charge in [-0.15, -0.1) is 0 Å². The number of nitrogens with zero attached hydrogens (tertiary/aromatic N) is 3. The van der Waals surface area contributed by atoms with Crippen molar-refractivity contribution in [1.82, 2.24) is 9.88 Å². The van der Waals surface area contributed by atoms with Crippen LogP contribution in [0.15, 0.2) is 36.5 Å². The summed E-state index contributed by atoms with van der Waals surface area (Å²) in [5, 5.41) is 0. The van der Waals surface area contributed by atoms with E-state index < -0.39 is 0 Å². The lowest BCUT2D eigenvalue weighted by Crippen LogP contribution is -2.47. The average Bonchev–Trinajstić information content (AvgIpc) is 2.60. The van der Waals surface area contributed by atoms with Gasteiger partial charge in [-0.3, -0.25) is 0 Å². The van der Waals surface area contributed by atoms with Crippen LogP contribution in [0, 0.1) is 6.92 Å². The van der Waals surface area contributed by atoms with Gasteiger partial charge in [0.1, 0.15) is 5.82 Å². The zero-order valence-electron chi connectivity index (χ0n) is 12.7. The molecule has 3 heterocycles. The zero-order valence-corrected chi connectivity index (χ0v) is 12.7. The summed E-state index contributed by atoms with van der Waals surface area (Å²) in [6.45, 7) is 5.42. The van der Waals surface area contributed by atoms with Gasteiger partial charge in [0, 0.05) is 32.3 Å². The third kappa shape index (κ3) is 2.12. The fraction of sp³-hybridized carbons (Fsp3) is 0.389. The number of pyridine rings is 1. The Bertz CT molecular complexity index is 680. The molecular formula is C18H21N3. The lowest BCUT2D eigenvalue weighted by Gasteiger charge is -2.41. The van der Waals surface area contributed by atoms with Gasteiger partial charge < -0.3 is 9.80 Å². The Kier molecular flexibility index (Phi) is 2.96. The molecule has 3 heteroatoms. The molecule has 1 aromatic carbocycles. The van der Waals surface area contributed by atoms with Crippen molar-refractivity contribution < 1.29 is 0 Å². The van der Waals surface area contributed by atoms with Crippen molar-refractivity contribution in [2.75, 3.05) is 31.6 Å². The van der Waals surface area contributed by atoms with Gasteiger partial charge in [0.2, 0.25) is 0 Å². The summed E-state index contributed by atoms with van der Waals surface area (Å²) >= 11 is 0. The highest BCUT2D eigenvalue weighted by atomic mass is 15.3. The standard InChI is InChI=1S/C18H21N3/c1-13-5-6-16-15(10-13)11-14-4-3-7-19-18(14)21-9-8-20(2)12-17(16)21/h3-7,10,17H,8-9,11-12H2,1-2H3. The molecule has 108 valence electrons. The average molecular weight is 279 g/mol. The first-order chi connectivity index (χ1) is 10.2. The summed E-state index contributed by atoms with van der Waals surface area (Å²) in [5.74, 6) is 1.18. The first-order valence-corrected chi connectivity index (χ1v) is 7.71. The second kappa shape index (κ2) is 4.85. The minimum atomic E-state index is 0.426. The van der Waals surface area contributed by atoms with Crippen molar-refractivity contribution in [3.8, 4) is 0 Å². The summed E-state index contributed by atoms with van der Waals surface area (Å²) in [4.78, 5) is 9.64. The minimum Gasteiger partial charge on any atom is -0.347 e. The second-order valence-corrected chi connectivity index (χ2v) is 6.34. The van der Waals surface area contributed by atoms with E-state index in [0.29, 0.717) is 6.04 Å². The fourth-order valence-electron chi connectivity index (χ4n) is 3.68. The van der Waals surface area contributed by atoms with Crippen molar-refractivity contribution in [3.63, 3.8) is 0 Å². The SMILES string of the molecule is Cc1ccc2c(c1)Cc1cccnc1N1CCN(C)CC21. The molecule has 21 heavy (non-hydrogen) atoms. The third-order valence-corrected chi connectivity index (χ3v) is 4.76. The number of anilines is 1. The highest BCUT2D eigenvalue weighted by Crippen LogP contribution is 2.37. The van der Waals surface area contributed by atoms with Crippen LogP contribution in [-0.4, -0.2) is 36.6 Å². The molecule has 2 aliphatic heterocycles. The monoisotopic (exact) mass is 279 g/mol. The predicted octanol–water partition coefficient (Wildman–Crippen LogP) is 2.79. The summed E-state index contributed by atoms with van der Waals surface area (Å²) in [6, 6.07) is 11.6. The Balaban J connectivity index is 1.91. The summed E-state index contributed by atoms with van der Waals surface area (Å²) in [6.07, 6.45) is 2.92. The van der Waals surface area contributed by atoms with Gasteiger partial charge in [-0.1, -0.05) is 29.8 Å². The molecular weight excluding hydrogens is 258 g/mol. The number of hydrogen-bond acceptors (Lipinski definition) is 3. The molecule has 0 aliphatic carbocycles. The number of piperazine rings is 1. The topological polar surface area (TPSA) is 19.4 Å². The van der Waals surface area contributed by atoms with Crippen LogP contribution in [0.25, 0.3) is 0 Å². The smallest absolute Gasteiger partial charge is 0.132 e. The van der Waals surface area contributed by atoms with Crippen molar-refractivity contribution in [2.24, 2.45) is 0 Å². The Hall–Kier alpha value is -1.87. The van der Waals surface area contributed by atoms with E-state index in [4.69, 9.17) is 4.98 Å². The van der Waals surface area contributed by atoms with Crippen molar-refractivity contribution in [3.05, 3.63) is 58.8 Å². The van der Waals surface area contributed by atoms with E-state index in [-0.39, 0.29) is 0 Å². The Morgan fingerprint density at radius 3 is 2.95 bits per heavy atom. The van der Waals surface area contributed by atoms with Crippen molar-refractivity contribution in [2.45, 2.75) is 19.4 Å². The van der Waals surface area contributed by atoms with Gasteiger partial charge in [0.15, 0.2) is 0 Å². The van der Waals surface area contributed by atoms with Crippen LogP contribution in [-0.2, 0) is 6.42 Å². The number of aromatic nitrogens is 1. The molecule has 0 N–H and O–H groups in total. The molecule has 0 amide bonds. The van der Waals surface area contributed by atoms with Crippen LogP contribution in [0.2, 0.25) is 0 Å². The Morgan fingerprint density at radius 1 is 1.14 bits per heavy atom. The molecule has 1 unspecified atom stereocenters. The number of benzene rings is 1. The molecule has 4 rings (SSSR count). The molecule has 1 saturated heterocycles. The quantitative estimate of drug-likeness (QED) is 0.739. The highest BCUT2D eigenvalue weighted by Gasteiger charge is 2.32. The molecule has 3 nitrogen and oxygen atoms in total. The second-order valence-electron chi connectivity index (χ2n) is 6.34. The van der Waals surface area contributed by atoms with Crippen LogP contribution in [0.3, 0.4) is 0 Å². The largest absolute Gasteiger partial charge is 0.347 e. The molecule has 1 atom stereocenters. The van der Waals surface area contributed by atoms with E-state index in [1.165, 1.54) is 28.1 Å². The van der Waals surface area contributed by atoms with E-state index in [9.17, 15) is 0 Å². The van der Waals surface area contributed by atoms with Gasteiger partial charge in [-0.2, -0.15) is 0 Å². The summed E-state index contributed by atoms with van der Waals surface area (Å²) in [5.41, 5.74) is 5.64. The number of aryl methyl sites for hydroxylation is 1. The molecule has 0 bridgehead atoms. The van der Waals surface area contributed by atoms with Gasteiger partial charge in [-0.05, 0) is 36.7 Å². The molecule has 2 aromatic rings.